The minimum Gasteiger partial charge on any atom is -0.481 e. The first-order valence-corrected chi connectivity index (χ1v) is 11.0. The predicted octanol–water partition coefficient (Wildman–Crippen LogP) is 5.76. The minimum atomic E-state index is -0.474. The molecule has 0 saturated carbocycles. The Balaban J connectivity index is 1.71. The van der Waals surface area contributed by atoms with Crippen molar-refractivity contribution in [3.63, 3.8) is 0 Å². The highest BCUT2D eigenvalue weighted by molar-refractivity contribution is 7.98. The van der Waals surface area contributed by atoms with Gasteiger partial charge in [-0.05, 0) is 48.2 Å². The highest BCUT2D eigenvalue weighted by atomic mass is 35.5. The highest BCUT2D eigenvalue weighted by Gasteiger charge is 2.17. The number of ether oxygens (including phenoxy) is 1. The third-order valence-electron chi connectivity index (χ3n) is 4.07. The Kier molecular flexibility index (Phi) is 9.32. The molecule has 0 radical (unpaired) electrons. The number of carbonyl (C=O) groups excluding carboxylic acids is 1. The summed E-state index contributed by atoms with van der Waals surface area (Å²) in [5.41, 5.74) is 2.37. The maximum Gasteiger partial charge on any atom is 0.261 e. The summed E-state index contributed by atoms with van der Waals surface area (Å²) in [6, 6.07) is 13.5. The van der Waals surface area contributed by atoms with Crippen LogP contribution in [0.25, 0.3) is 0 Å². The molecule has 3 nitrogen and oxygen atoms in total. The topological polar surface area (TPSA) is 38.3 Å². The van der Waals surface area contributed by atoms with E-state index in [4.69, 9.17) is 27.9 Å². The van der Waals surface area contributed by atoms with Crippen LogP contribution in [0.2, 0.25) is 10.0 Å². The van der Waals surface area contributed by atoms with Crippen LogP contribution in [-0.4, -0.2) is 24.3 Å². The number of carbonyl (C=O) groups is 1. The Morgan fingerprint density at radius 2 is 1.78 bits per heavy atom. The second-order valence-electron chi connectivity index (χ2n) is 6.10. The van der Waals surface area contributed by atoms with Crippen molar-refractivity contribution in [2.24, 2.45) is 0 Å². The van der Waals surface area contributed by atoms with Gasteiger partial charge >= 0.3 is 0 Å². The smallest absolute Gasteiger partial charge is 0.261 e. The average Bonchev–Trinajstić information content (AvgIpc) is 2.68. The Bertz CT molecular complexity index is 737. The summed E-state index contributed by atoms with van der Waals surface area (Å²) in [4.78, 5) is 12.3. The van der Waals surface area contributed by atoms with E-state index in [0.717, 1.165) is 29.2 Å². The third kappa shape index (κ3) is 7.28. The Labute approximate surface area is 175 Å². The van der Waals surface area contributed by atoms with Gasteiger partial charge in [-0.3, -0.25) is 4.79 Å². The van der Waals surface area contributed by atoms with Crippen molar-refractivity contribution in [1.82, 2.24) is 5.32 Å². The molecule has 0 aromatic heterocycles. The molecule has 1 N–H and O–H groups in total. The van der Waals surface area contributed by atoms with Crippen LogP contribution in [0, 0.1) is 0 Å². The van der Waals surface area contributed by atoms with Crippen molar-refractivity contribution < 1.29 is 9.53 Å². The monoisotopic (exact) mass is 425 g/mol. The van der Waals surface area contributed by atoms with Crippen LogP contribution in [-0.2, 0) is 17.0 Å². The van der Waals surface area contributed by atoms with Crippen LogP contribution in [0.15, 0.2) is 42.5 Å². The van der Waals surface area contributed by atoms with Crippen molar-refractivity contribution >= 4 is 40.9 Å². The van der Waals surface area contributed by atoms with Crippen molar-refractivity contribution in [2.75, 3.05) is 12.3 Å². The number of benzene rings is 2. The molecule has 0 heterocycles. The number of halogens is 2. The molecule has 2 aromatic rings. The lowest BCUT2D eigenvalue weighted by molar-refractivity contribution is -0.127. The fraction of sp³-hybridized carbons (Fsp3) is 0.381. The van der Waals surface area contributed by atoms with Gasteiger partial charge in [-0.15, -0.1) is 0 Å². The summed E-state index contributed by atoms with van der Waals surface area (Å²) in [5, 5.41) is 4.08. The molecular weight excluding hydrogens is 401 g/mol. The second kappa shape index (κ2) is 11.5. The molecule has 0 unspecified atom stereocenters. The molecule has 1 amide bonds. The predicted molar refractivity (Wildman–Crippen MR) is 116 cm³/mol. The fourth-order valence-corrected chi connectivity index (χ4v) is 3.60. The molecule has 0 aliphatic rings. The Morgan fingerprint density at radius 3 is 2.41 bits per heavy atom. The number of amides is 1. The lowest BCUT2D eigenvalue weighted by atomic mass is 10.2. The first kappa shape index (κ1) is 21.9. The van der Waals surface area contributed by atoms with Gasteiger partial charge in [0, 0.05) is 18.1 Å². The zero-order chi connectivity index (χ0) is 19.6. The summed E-state index contributed by atoms with van der Waals surface area (Å²) in [5.74, 6) is 2.29. The van der Waals surface area contributed by atoms with E-state index in [2.05, 4.69) is 12.2 Å². The van der Waals surface area contributed by atoms with E-state index in [1.54, 1.807) is 17.8 Å². The second-order valence-corrected chi connectivity index (χ2v) is 8.02. The van der Waals surface area contributed by atoms with Crippen molar-refractivity contribution in [2.45, 2.75) is 38.5 Å². The number of nitrogens with one attached hydrogen (secondary N) is 1. The minimum absolute atomic E-state index is 0.0767. The molecule has 1 atom stereocenters. The normalized spacial score (nSPS) is 11.9. The number of aryl methyl sites for hydroxylation is 1. The van der Waals surface area contributed by atoms with Crippen LogP contribution in [0.1, 0.15) is 31.4 Å². The van der Waals surface area contributed by atoms with Gasteiger partial charge in [0.1, 0.15) is 5.75 Å². The molecule has 0 spiro atoms. The van der Waals surface area contributed by atoms with Gasteiger partial charge in [-0.1, -0.05) is 55.2 Å². The van der Waals surface area contributed by atoms with Crippen molar-refractivity contribution in [3.05, 3.63) is 63.6 Å². The van der Waals surface area contributed by atoms with Crippen LogP contribution in [0.3, 0.4) is 0 Å². The van der Waals surface area contributed by atoms with Gasteiger partial charge in [0.15, 0.2) is 6.10 Å². The van der Waals surface area contributed by atoms with Crippen LogP contribution in [0.5, 0.6) is 5.75 Å². The SMILES string of the molecule is CCc1ccc(O[C@H](CC)C(=O)NCCSCc2ccc(Cl)c(Cl)c2)cc1. The molecule has 6 heteroatoms. The summed E-state index contributed by atoms with van der Waals surface area (Å²) in [6.07, 6.45) is 1.13. The van der Waals surface area contributed by atoms with Gasteiger partial charge in [-0.2, -0.15) is 11.8 Å². The van der Waals surface area contributed by atoms with E-state index >= 15 is 0 Å². The van der Waals surface area contributed by atoms with Gasteiger partial charge in [0.25, 0.3) is 5.91 Å². The molecule has 2 aromatic carbocycles. The first-order chi connectivity index (χ1) is 13.0. The van der Waals surface area contributed by atoms with Crippen LogP contribution in [0.4, 0.5) is 0 Å². The molecular formula is C21H25Cl2NO2S. The molecule has 0 saturated heterocycles. The van der Waals surface area contributed by atoms with Gasteiger partial charge in [-0.25, -0.2) is 0 Å². The van der Waals surface area contributed by atoms with Gasteiger partial charge in [0.2, 0.25) is 0 Å². The number of rotatable bonds is 10. The van der Waals surface area contributed by atoms with E-state index in [-0.39, 0.29) is 5.91 Å². The number of hydrogen-bond acceptors (Lipinski definition) is 3. The van der Waals surface area contributed by atoms with Gasteiger partial charge < -0.3 is 10.1 Å². The quantitative estimate of drug-likeness (QED) is 0.491. The van der Waals surface area contributed by atoms with E-state index < -0.39 is 6.10 Å². The highest BCUT2D eigenvalue weighted by Crippen LogP contribution is 2.24. The van der Waals surface area contributed by atoms with Crippen molar-refractivity contribution in [1.29, 1.82) is 0 Å². The fourth-order valence-electron chi connectivity index (χ4n) is 2.47. The van der Waals surface area contributed by atoms with Crippen molar-refractivity contribution in [3.8, 4) is 5.75 Å². The van der Waals surface area contributed by atoms with Crippen LogP contribution < -0.4 is 10.1 Å². The zero-order valence-corrected chi connectivity index (χ0v) is 18.0. The van der Waals surface area contributed by atoms with Gasteiger partial charge in [0.05, 0.1) is 10.0 Å². The Morgan fingerprint density at radius 1 is 1.07 bits per heavy atom. The molecule has 146 valence electrons. The number of thioether (sulfide) groups is 1. The summed E-state index contributed by atoms with van der Waals surface area (Å²) in [7, 11) is 0. The lowest BCUT2D eigenvalue weighted by Crippen LogP contribution is -2.39. The molecule has 2 rings (SSSR count). The molecule has 0 aliphatic heterocycles. The molecule has 0 bridgehead atoms. The molecule has 0 aliphatic carbocycles. The molecule has 0 fully saturated rings. The maximum absolute atomic E-state index is 12.3. The van der Waals surface area contributed by atoms with E-state index in [1.165, 1.54) is 5.56 Å². The van der Waals surface area contributed by atoms with Crippen LogP contribution >= 0.6 is 35.0 Å². The maximum atomic E-state index is 12.3. The number of hydrogen-bond donors (Lipinski definition) is 1. The Hall–Kier alpha value is -1.36. The zero-order valence-electron chi connectivity index (χ0n) is 15.6. The summed E-state index contributed by atoms with van der Waals surface area (Å²) in [6.45, 7) is 4.65. The largest absolute Gasteiger partial charge is 0.481 e. The van der Waals surface area contributed by atoms with E-state index in [0.29, 0.717) is 23.0 Å². The lowest BCUT2D eigenvalue weighted by Gasteiger charge is -2.17. The molecule has 27 heavy (non-hydrogen) atoms. The standard InChI is InChI=1S/C21H25Cl2NO2S/c1-3-15-5-8-17(9-6-15)26-20(4-2)21(25)24-11-12-27-14-16-7-10-18(22)19(23)13-16/h5-10,13,20H,3-4,11-12,14H2,1-2H3,(H,24,25)/t20-/m1/s1. The average molecular weight is 426 g/mol. The van der Waals surface area contributed by atoms with E-state index in [1.807, 2.05) is 43.3 Å². The summed E-state index contributed by atoms with van der Waals surface area (Å²) >= 11 is 13.7. The summed E-state index contributed by atoms with van der Waals surface area (Å²) < 4.78 is 5.83. The van der Waals surface area contributed by atoms with E-state index in [9.17, 15) is 4.79 Å². The first-order valence-electron chi connectivity index (χ1n) is 9.08. The third-order valence-corrected chi connectivity index (χ3v) is 5.84.